The number of hydrogen-bond acceptors (Lipinski definition) is 3. The Morgan fingerprint density at radius 3 is 1.79 bits per heavy atom. The minimum absolute atomic E-state index is 0. The number of para-hydroxylation sites is 1. The predicted octanol–water partition coefficient (Wildman–Crippen LogP) is 12.1. The first kappa shape index (κ1) is 38.7. The third-order valence-electron chi connectivity index (χ3n) is 8.91. The van der Waals surface area contributed by atoms with Gasteiger partial charge in [0.2, 0.25) is 0 Å². The standard InChI is InChI=1S/C47H47N2OSi.Pt/c1-46(2,3)39-26-37(27-40(31-39)47(4,5)6)38-29-43(49-44(30-38)41-15-10-11-16-45(41)50)36-14-12-13-35(25-36)42-28-34(21-23-48-42)33-19-17-32(18-20-33)22-24-51(7,8)9;/h10-21,23,26-31,50H,1-9H3;/q-1;. The van der Waals surface area contributed by atoms with Crippen LogP contribution in [0.5, 0.6) is 5.75 Å². The van der Waals surface area contributed by atoms with Crippen molar-refractivity contribution in [2.45, 2.75) is 72.0 Å². The van der Waals surface area contributed by atoms with Gasteiger partial charge in [-0.15, -0.1) is 29.8 Å². The SMILES string of the molecule is CC(C)(C)c1cc(-c2cc(-c3[c-]c(-c4cc(-c5ccc(C#C[Si](C)(C)C)cc5)ccn4)ccc3)nc(-c3ccccc3O)c2)cc(C(C)(C)C)c1.[Pt]. The largest absolute Gasteiger partial charge is 0.507 e. The number of phenolic OH excluding ortho intramolecular Hbond substituents is 1. The van der Waals surface area contributed by atoms with Gasteiger partial charge in [0.25, 0.3) is 0 Å². The summed E-state index contributed by atoms with van der Waals surface area (Å²) in [5, 5.41) is 10.9. The monoisotopic (exact) mass is 878 g/mol. The molecule has 5 heteroatoms. The van der Waals surface area contributed by atoms with E-state index in [-0.39, 0.29) is 37.6 Å². The maximum atomic E-state index is 10.9. The van der Waals surface area contributed by atoms with E-state index >= 15 is 0 Å². The number of benzene rings is 4. The van der Waals surface area contributed by atoms with Crippen LogP contribution in [0.1, 0.15) is 58.2 Å². The second kappa shape index (κ2) is 15.2. The van der Waals surface area contributed by atoms with E-state index in [1.807, 2.05) is 48.7 Å². The summed E-state index contributed by atoms with van der Waals surface area (Å²) in [5.41, 5.74) is 16.1. The van der Waals surface area contributed by atoms with Gasteiger partial charge >= 0.3 is 0 Å². The van der Waals surface area contributed by atoms with E-state index in [0.717, 1.165) is 50.3 Å². The quantitative estimate of drug-likeness (QED) is 0.107. The third-order valence-corrected chi connectivity index (χ3v) is 9.79. The van der Waals surface area contributed by atoms with Crippen LogP contribution in [0, 0.1) is 17.5 Å². The first-order chi connectivity index (χ1) is 24.0. The zero-order valence-electron chi connectivity index (χ0n) is 31.6. The topological polar surface area (TPSA) is 46.0 Å². The molecule has 0 fully saturated rings. The van der Waals surface area contributed by atoms with Gasteiger partial charge in [-0.25, -0.2) is 0 Å². The Labute approximate surface area is 325 Å². The number of phenols is 1. The van der Waals surface area contributed by atoms with Crippen molar-refractivity contribution in [3.05, 3.63) is 138 Å². The summed E-state index contributed by atoms with van der Waals surface area (Å²) in [4.78, 5) is 9.87. The molecule has 0 aliphatic carbocycles. The molecule has 6 aromatic rings. The smallest absolute Gasteiger partial charge is 0.129 e. The molecule has 2 aromatic heterocycles. The maximum Gasteiger partial charge on any atom is 0.129 e. The minimum Gasteiger partial charge on any atom is -0.507 e. The fraction of sp³-hybridized carbons (Fsp3) is 0.234. The van der Waals surface area contributed by atoms with E-state index in [0.29, 0.717) is 11.3 Å². The first-order valence-corrected chi connectivity index (χ1v) is 21.1. The first-order valence-electron chi connectivity index (χ1n) is 17.6. The van der Waals surface area contributed by atoms with Gasteiger partial charge in [0.1, 0.15) is 13.8 Å². The van der Waals surface area contributed by atoms with Gasteiger partial charge in [-0.05, 0) is 80.6 Å². The molecule has 0 unspecified atom stereocenters. The fourth-order valence-electron chi connectivity index (χ4n) is 5.85. The van der Waals surface area contributed by atoms with Crippen LogP contribution in [-0.2, 0) is 31.9 Å². The zero-order valence-corrected chi connectivity index (χ0v) is 34.9. The fourth-order valence-corrected chi connectivity index (χ4v) is 6.37. The average molecular weight is 879 g/mol. The summed E-state index contributed by atoms with van der Waals surface area (Å²) >= 11 is 0. The van der Waals surface area contributed by atoms with E-state index in [2.05, 4.69) is 139 Å². The van der Waals surface area contributed by atoms with Crippen LogP contribution in [-0.4, -0.2) is 23.1 Å². The molecule has 0 aliphatic rings. The molecule has 3 nitrogen and oxygen atoms in total. The molecular weight excluding hydrogens is 832 g/mol. The summed E-state index contributed by atoms with van der Waals surface area (Å²) in [6.07, 6.45) is 1.86. The Balaban J connectivity index is 0.00000523. The van der Waals surface area contributed by atoms with Crippen molar-refractivity contribution >= 4 is 8.07 Å². The summed E-state index contributed by atoms with van der Waals surface area (Å²) in [7, 11) is -1.44. The van der Waals surface area contributed by atoms with Crippen LogP contribution in [0.2, 0.25) is 19.6 Å². The zero-order chi connectivity index (χ0) is 36.6. The van der Waals surface area contributed by atoms with E-state index in [1.165, 1.54) is 11.1 Å². The van der Waals surface area contributed by atoms with Crippen molar-refractivity contribution in [2.24, 2.45) is 0 Å². The van der Waals surface area contributed by atoms with Crippen molar-refractivity contribution in [1.29, 1.82) is 0 Å². The molecule has 52 heavy (non-hydrogen) atoms. The van der Waals surface area contributed by atoms with Gasteiger partial charge in [0.15, 0.2) is 0 Å². The van der Waals surface area contributed by atoms with Crippen molar-refractivity contribution < 1.29 is 26.2 Å². The Hall–Kier alpha value is -4.55. The molecule has 2 heterocycles. The van der Waals surface area contributed by atoms with Crippen LogP contribution < -0.4 is 0 Å². The van der Waals surface area contributed by atoms with Gasteiger partial charge in [0, 0.05) is 49.8 Å². The molecule has 0 amide bonds. The number of aromatic nitrogens is 2. The van der Waals surface area contributed by atoms with E-state index < -0.39 is 8.07 Å². The Morgan fingerprint density at radius 2 is 1.17 bits per heavy atom. The minimum atomic E-state index is -1.44. The third kappa shape index (κ3) is 9.26. The second-order valence-electron chi connectivity index (χ2n) is 16.4. The normalized spacial score (nSPS) is 11.7. The molecule has 0 spiro atoms. The molecule has 4 aromatic carbocycles. The molecule has 0 atom stereocenters. The van der Waals surface area contributed by atoms with Gasteiger partial charge < -0.3 is 5.11 Å². The van der Waals surface area contributed by atoms with Gasteiger partial charge in [0.05, 0.1) is 5.69 Å². The summed E-state index contributed by atoms with van der Waals surface area (Å²) in [6.45, 7) is 20.3. The Kier molecular flexibility index (Phi) is 11.3. The van der Waals surface area contributed by atoms with Crippen molar-refractivity contribution in [2.75, 3.05) is 0 Å². The van der Waals surface area contributed by atoms with Crippen LogP contribution in [0.3, 0.4) is 0 Å². The van der Waals surface area contributed by atoms with Gasteiger partial charge in [-0.2, -0.15) is 0 Å². The second-order valence-corrected chi connectivity index (χ2v) is 21.2. The van der Waals surface area contributed by atoms with Crippen LogP contribution in [0.25, 0.3) is 56.0 Å². The molecule has 0 bridgehead atoms. The number of aromatic hydroxyl groups is 1. The van der Waals surface area contributed by atoms with E-state index in [4.69, 9.17) is 9.97 Å². The average Bonchev–Trinajstić information content (AvgIpc) is 3.10. The Morgan fingerprint density at radius 1 is 0.596 bits per heavy atom. The van der Waals surface area contributed by atoms with Crippen LogP contribution >= 0.6 is 0 Å². The number of hydrogen-bond donors (Lipinski definition) is 1. The molecule has 6 rings (SSSR count). The molecule has 1 N–H and O–H groups in total. The predicted molar refractivity (Wildman–Crippen MR) is 217 cm³/mol. The number of rotatable bonds is 5. The summed E-state index contributed by atoms with van der Waals surface area (Å²) in [5.74, 6) is 3.54. The number of nitrogens with zero attached hydrogens (tertiary/aromatic N) is 2. The van der Waals surface area contributed by atoms with Crippen molar-refractivity contribution in [3.8, 4) is 73.2 Å². The molecule has 0 saturated carbocycles. The van der Waals surface area contributed by atoms with Gasteiger partial charge in [-0.1, -0.05) is 133 Å². The van der Waals surface area contributed by atoms with E-state index in [9.17, 15) is 5.11 Å². The molecule has 0 radical (unpaired) electrons. The summed E-state index contributed by atoms with van der Waals surface area (Å²) in [6, 6.07) is 40.9. The van der Waals surface area contributed by atoms with Crippen LogP contribution in [0.15, 0.2) is 115 Å². The maximum absolute atomic E-state index is 10.9. The number of pyridine rings is 2. The molecule has 0 aliphatic heterocycles. The van der Waals surface area contributed by atoms with Crippen molar-refractivity contribution in [3.63, 3.8) is 0 Å². The van der Waals surface area contributed by atoms with E-state index in [1.54, 1.807) is 6.07 Å². The van der Waals surface area contributed by atoms with Crippen molar-refractivity contribution in [1.82, 2.24) is 9.97 Å². The van der Waals surface area contributed by atoms with Gasteiger partial charge in [-0.3, -0.25) is 9.97 Å². The van der Waals surface area contributed by atoms with Crippen LogP contribution in [0.4, 0.5) is 0 Å². The summed E-state index contributed by atoms with van der Waals surface area (Å²) < 4.78 is 0. The molecule has 266 valence electrons. The Bertz CT molecular complexity index is 2250. The molecular formula is C47H47N2OPtSi-. The molecule has 0 saturated heterocycles.